The first kappa shape index (κ1) is 18.6. The van der Waals surface area contributed by atoms with E-state index in [1.54, 1.807) is 0 Å². The Morgan fingerprint density at radius 3 is 2.36 bits per heavy atom. The molecule has 0 aromatic rings. The van der Waals surface area contributed by atoms with Crippen molar-refractivity contribution in [1.29, 1.82) is 0 Å². The van der Waals surface area contributed by atoms with E-state index in [1.807, 2.05) is 0 Å². The molecule has 126 valence electrons. The molecule has 3 N–H and O–H groups in total. The third kappa shape index (κ3) is 8.12. The zero-order valence-corrected chi connectivity index (χ0v) is 13.2. The van der Waals surface area contributed by atoms with E-state index >= 15 is 0 Å². The summed E-state index contributed by atoms with van der Waals surface area (Å²) in [5, 5.41) is 14.8. The second kappa shape index (κ2) is 11.2. The number of hydrogen-bond acceptors (Lipinski definition) is 4. The standard InChI is InChI=1S/C16H28N2O4/c19-12-14(20)10-13-8-6-4-2-1-3-5-7-9-17-15(21)11-18-16(13)22/h12-14,20H,1-11H2,(H,17,21)(H,18,22)/t13-,14?/m1/s1. The van der Waals surface area contributed by atoms with E-state index in [0.29, 0.717) is 19.3 Å². The first-order chi connectivity index (χ1) is 10.6. The van der Waals surface area contributed by atoms with E-state index in [4.69, 9.17) is 0 Å². The van der Waals surface area contributed by atoms with Crippen LogP contribution in [0, 0.1) is 5.92 Å². The summed E-state index contributed by atoms with van der Waals surface area (Å²) in [5.41, 5.74) is 0. The highest BCUT2D eigenvalue weighted by molar-refractivity contribution is 5.85. The lowest BCUT2D eigenvalue weighted by atomic mass is 9.94. The SMILES string of the molecule is O=CC(O)C[C@H]1CCCCCCCCCNC(=O)CNC1=O. The van der Waals surface area contributed by atoms with E-state index in [-0.39, 0.29) is 24.8 Å². The summed E-state index contributed by atoms with van der Waals surface area (Å²) in [5.74, 6) is -0.873. The smallest absolute Gasteiger partial charge is 0.239 e. The van der Waals surface area contributed by atoms with Crippen LogP contribution in [0.3, 0.4) is 0 Å². The minimum atomic E-state index is -1.12. The number of aldehydes is 1. The van der Waals surface area contributed by atoms with Gasteiger partial charge in [-0.1, -0.05) is 38.5 Å². The van der Waals surface area contributed by atoms with Crippen LogP contribution >= 0.6 is 0 Å². The van der Waals surface area contributed by atoms with Gasteiger partial charge in [-0.3, -0.25) is 9.59 Å². The molecule has 0 aliphatic carbocycles. The van der Waals surface area contributed by atoms with Gasteiger partial charge >= 0.3 is 0 Å². The van der Waals surface area contributed by atoms with Gasteiger partial charge in [-0.2, -0.15) is 0 Å². The van der Waals surface area contributed by atoms with Gasteiger partial charge in [0, 0.05) is 12.5 Å². The van der Waals surface area contributed by atoms with Crippen molar-refractivity contribution in [3.05, 3.63) is 0 Å². The largest absolute Gasteiger partial charge is 0.386 e. The van der Waals surface area contributed by atoms with Crippen molar-refractivity contribution in [2.24, 2.45) is 5.92 Å². The topological polar surface area (TPSA) is 95.5 Å². The van der Waals surface area contributed by atoms with Gasteiger partial charge in [0.2, 0.25) is 11.8 Å². The fraction of sp³-hybridized carbons (Fsp3) is 0.812. The van der Waals surface area contributed by atoms with Crippen LogP contribution in [0.15, 0.2) is 0 Å². The van der Waals surface area contributed by atoms with Gasteiger partial charge in [-0.25, -0.2) is 0 Å². The Labute approximate surface area is 132 Å². The molecule has 0 aromatic carbocycles. The van der Waals surface area contributed by atoms with Crippen LogP contribution in [-0.4, -0.2) is 42.4 Å². The number of amides is 2. The van der Waals surface area contributed by atoms with Crippen molar-refractivity contribution < 1.29 is 19.5 Å². The van der Waals surface area contributed by atoms with Gasteiger partial charge < -0.3 is 20.5 Å². The Balaban J connectivity index is 2.55. The number of aliphatic hydroxyl groups excluding tert-OH is 1. The first-order valence-corrected chi connectivity index (χ1v) is 8.31. The Morgan fingerprint density at radius 1 is 1.05 bits per heavy atom. The van der Waals surface area contributed by atoms with Crippen LogP contribution < -0.4 is 10.6 Å². The van der Waals surface area contributed by atoms with Crippen LogP contribution in [0.5, 0.6) is 0 Å². The molecule has 1 unspecified atom stereocenters. The van der Waals surface area contributed by atoms with E-state index in [9.17, 15) is 19.5 Å². The van der Waals surface area contributed by atoms with Crippen LogP contribution in [0.4, 0.5) is 0 Å². The predicted octanol–water partition coefficient (Wildman–Crippen LogP) is 0.919. The van der Waals surface area contributed by atoms with E-state index in [2.05, 4.69) is 10.6 Å². The number of carbonyl (C=O) groups is 3. The van der Waals surface area contributed by atoms with Gasteiger partial charge in [0.05, 0.1) is 6.54 Å². The van der Waals surface area contributed by atoms with Crippen molar-refractivity contribution >= 4 is 18.1 Å². The van der Waals surface area contributed by atoms with Crippen LogP contribution in [0.25, 0.3) is 0 Å². The number of aliphatic hydroxyl groups is 1. The highest BCUT2D eigenvalue weighted by Crippen LogP contribution is 2.17. The van der Waals surface area contributed by atoms with Crippen molar-refractivity contribution in [2.45, 2.75) is 63.9 Å². The summed E-state index contributed by atoms with van der Waals surface area (Å²) in [6.45, 7) is 0.592. The molecule has 22 heavy (non-hydrogen) atoms. The fourth-order valence-electron chi connectivity index (χ4n) is 2.70. The number of nitrogens with one attached hydrogen (secondary N) is 2. The molecular formula is C16H28N2O4. The van der Waals surface area contributed by atoms with Gasteiger partial charge in [0.25, 0.3) is 0 Å². The third-order valence-corrected chi connectivity index (χ3v) is 4.03. The molecular weight excluding hydrogens is 284 g/mol. The molecule has 0 radical (unpaired) electrons. The predicted molar refractivity (Wildman–Crippen MR) is 83.1 cm³/mol. The molecule has 1 aliphatic heterocycles. The Kier molecular flexibility index (Phi) is 9.46. The summed E-state index contributed by atoms with van der Waals surface area (Å²) < 4.78 is 0. The molecule has 6 nitrogen and oxygen atoms in total. The highest BCUT2D eigenvalue weighted by atomic mass is 16.3. The maximum atomic E-state index is 12.1. The molecule has 0 bridgehead atoms. The first-order valence-electron chi connectivity index (χ1n) is 8.31. The fourth-order valence-corrected chi connectivity index (χ4v) is 2.70. The molecule has 0 spiro atoms. The molecule has 2 amide bonds. The number of hydrogen-bond donors (Lipinski definition) is 3. The Morgan fingerprint density at radius 2 is 1.68 bits per heavy atom. The summed E-state index contributed by atoms with van der Waals surface area (Å²) >= 11 is 0. The highest BCUT2D eigenvalue weighted by Gasteiger charge is 2.22. The van der Waals surface area contributed by atoms with Crippen LogP contribution in [-0.2, 0) is 14.4 Å². The summed E-state index contributed by atoms with van der Waals surface area (Å²) in [4.78, 5) is 34.3. The Bertz CT molecular complexity index is 360. The van der Waals surface area contributed by atoms with E-state index < -0.39 is 12.0 Å². The zero-order valence-electron chi connectivity index (χ0n) is 13.2. The minimum absolute atomic E-state index is 0.0491. The molecule has 6 heteroatoms. The molecule has 1 heterocycles. The molecule has 1 aliphatic rings. The minimum Gasteiger partial charge on any atom is -0.386 e. The van der Waals surface area contributed by atoms with Crippen molar-refractivity contribution in [3.63, 3.8) is 0 Å². The monoisotopic (exact) mass is 312 g/mol. The molecule has 1 saturated heterocycles. The maximum Gasteiger partial charge on any atom is 0.239 e. The average Bonchev–Trinajstić information content (AvgIpc) is 2.52. The van der Waals surface area contributed by atoms with Gasteiger partial charge in [-0.05, 0) is 19.3 Å². The second-order valence-electron chi connectivity index (χ2n) is 5.97. The van der Waals surface area contributed by atoms with Crippen molar-refractivity contribution in [3.8, 4) is 0 Å². The lowest BCUT2D eigenvalue weighted by molar-refractivity contribution is -0.130. The third-order valence-electron chi connectivity index (χ3n) is 4.03. The molecule has 2 atom stereocenters. The van der Waals surface area contributed by atoms with Crippen LogP contribution in [0.1, 0.15) is 57.8 Å². The van der Waals surface area contributed by atoms with E-state index in [0.717, 1.165) is 32.1 Å². The second-order valence-corrected chi connectivity index (χ2v) is 5.97. The lowest BCUT2D eigenvalue weighted by Gasteiger charge is -2.17. The van der Waals surface area contributed by atoms with E-state index in [1.165, 1.54) is 12.8 Å². The van der Waals surface area contributed by atoms with Gasteiger partial charge in [-0.15, -0.1) is 0 Å². The molecule has 0 saturated carbocycles. The molecule has 0 aromatic heterocycles. The summed E-state index contributed by atoms with van der Waals surface area (Å²) in [7, 11) is 0. The maximum absolute atomic E-state index is 12.1. The van der Waals surface area contributed by atoms with Crippen LogP contribution in [0.2, 0.25) is 0 Å². The van der Waals surface area contributed by atoms with Gasteiger partial charge in [0.15, 0.2) is 0 Å². The normalized spacial score (nSPS) is 24.3. The quantitative estimate of drug-likeness (QED) is 0.675. The summed E-state index contributed by atoms with van der Waals surface area (Å²) in [6.07, 6.45) is 7.60. The van der Waals surface area contributed by atoms with Crippen molar-refractivity contribution in [2.75, 3.05) is 13.1 Å². The Hall–Kier alpha value is -1.43. The average molecular weight is 312 g/mol. The molecule has 1 rings (SSSR count). The zero-order chi connectivity index (χ0) is 16.2. The summed E-state index contributed by atoms with van der Waals surface area (Å²) in [6, 6.07) is 0. The van der Waals surface area contributed by atoms with Crippen molar-refractivity contribution in [1.82, 2.24) is 10.6 Å². The number of carbonyl (C=O) groups excluding carboxylic acids is 3. The molecule has 1 fully saturated rings. The number of rotatable bonds is 3. The lowest BCUT2D eigenvalue weighted by Crippen LogP contribution is -2.40. The van der Waals surface area contributed by atoms with Gasteiger partial charge in [0.1, 0.15) is 12.4 Å².